The summed E-state index contributed by atoms with van der Waals surface area (Å²) in [5.41, 5.74) is 1.72. The van der Waals surface area contributed by atoms with Gasteiger partial charge in [0.2, 0.25) is 0 Å². The molecule has 0 aliphatic carbocycles. The topological polar surface area (TPSA) is 56.1 Å². The summed E-state index contributed by atoms with van der Waals surface area (Å²) < 4.78 is 6.91. The Bertz CT molecular complexity index is 424. The Hall–Kier alpha value is -1.78. The molecule has 0 amide bonds. The predicted molar refractivity (Wildman–Crippen MR) is 75.8 cm³/mol. The number of anilines is 1. The lowest BCUT2D eigenvalue weighted by molar-refractivity contribution is -0.137. The number of aryl methyl sites for hydroxylation is 1. The van der Waals surface area contributed by atoms with Crippen molar-refractivity contribution in [2.75, 3.05) is 11.9 Å². The highest BCUT2D eigenvalue weighted by Crippen LogP contribution is 2.11. The van der Waals surface area contributed by atoms with Crippen LogP contribution in [-0.2, 0) is 16.1 Å². The van der Waals surface area contributed by atoms with Crippen LogP contribution >= 0.6 is 0 Å². The molecule has 1 rings (SSSR count). The van der Waals surface area contributed by atoms with E-state index in [0.717, 1.165) is 37.2 Å². The molecule has 0 aliphatic rings. The summed E-state index contributed by atoms with van der Waals surface area (Å²) in [5, 5.41) is 7.42. The molecule has 19 heavy (non-hydrogen) atoms. The largest absolute Gasteiger partial charge is 0.462 e. The first kappa shape index (κ1) is 15.3. The van der Waals surface area contributed by atoms with E-state index in [1.165, 1.54) is 6.08 Å². The van der Waals surface area contributed by atoms with Crippen LogP contribution < -0.4 is 5.32 Å². The van der Waals surface area contributed by atoms with Gasteiger partial charge in [-0.2, -0.15) is 5.10 Å². The third-order valence-electron chi connectivity index (χ3n) is 2.51. The number of aromatic nitrogens is 2. The molecule has 0 bridgehead atoms. The smallest absolute Gasteiger partial charge is 0.332 e. The molecule has 1 heterocycles. The number of hydrogen-bond acceptors (Lipinski definition) is 4. The van der Waals surface area contributed by atoms with Crippen LogP contribution in [0.15, 0.2) is 24.2 Å². The Morgan fingerprint density at radius 3 is 2.84 bits per heavy atom. The van der Waals surface area contributed by atoms with Crippen LogP contribution in [0.3, 0.4) is 0 Å². The highest BCUT2D eigenvalue weighted by molar-refractivity contribution is 5.83. The fourth-order valence-corrected chi connectivity index (χ4v) is 1.58. The van der Waals surface area contributed by atoms with Gasteiger partial charge in [-0.05, 0) is 19.3 Å². The van der Waals surface area contributed by atoms with Gasteiger partial charge in [0.15, 0.2) is 0 Å². The maximum Gasteiger partial charge on any atom is 0.332 e. The molecule has 106 valence electrons. The number of hydrogen-bond donors (Lipinski definition) is 1. The summed E-state index contributed by atoms with van der Waals surface area (Å²) in [6.45, 7) is 7.42. The molecule has 5 heteroatoms. The number of nitrogens with zero attached hydrogens (tertiary/aromatic N) is 2. The molecule has 1 aromatic heterocycles. The van der Waals surface area contributed by atoms with Gasteiger partial charge in [0.25, 0.3) is 0 Å². The number of carbonyl (C=O) groups excluding carboxylic acids is 1. The second-order valence-corrected chi connectivity index (χ2v) is 4.31. The average Bonchev–Trinajstić information content (AvgIpc) is 2.83. The van der Waals surface area contributed by atoms with Gasteiger partial charge in [0, 0.05) is 24.5 Å². The van der Waals surface area contributed by atoms with E-state index in [1.807, 2.05) is 24.7 Å². The molecule has 0 spiro atoms. The maximum absolute atomic E-state index is 11.5. The van der Waals surface area contributed by atoms with E-state index < -0.39 is 0 Å². The van der Waals surface area contributed by atoms with E-state index >= 15 is 0 Å². The van der Waals surface area contributed by atoms with Crippen LogP contribution in [0, 0.1) is 0 Å². The van der Waals surface area contributed by atoms with Crippen molar-refractivity contribution in [3.8, 4) is 0 Å². The lowest BCUT2D eigenvalue weighted by Crippen LogP contribution is -2.06. The number of ether oxygens (including phenoxy) is 1. The first-order valence-corrected chi connectivity index (χ1v) is 6.86. The molecule has 0 radical (unpaired) electrons. The Labute approximate surface area is 114 Å². The molecule has 1 aromatic rings. The SMILES string of the molecule is CCCOC(=O)C=C(CC)Nc1cnn(CCC)c1. The Balaban J connectivity index is 2.59. The number of allylic oxidation sites excluding steroid dienone is 1. The molecule has 0 fully saturated rings. The standard InChI is InChI=1S/C14H23N3O2/c1-4-7-17-11-13(10-15-17)16-12(6-3)9-14(18)19-8-5-2/h9-11,16H,4-8H2,1-3H3. The van der Waals surface area contributed by atoms with E-state index in [-0.39, 0.29) is 5.97 Å². The third-order valence-corrected chi connectivity index (χ3v) is 2.51. The lowest BCUT2D eigenvalue weighted by atomic mass is 10.3. The summed E-state index contributed by atoms with van der Waals surface area (Å²) in [6, 6.07) is 0. The monoisotopic (exact) mass is 265 g/mol. The van der Waals surface area contributed by atoms with Crippen LogP contribution in [0.2, 0.25) is 0 Å². The number of esters is 1. The highest BCUT2D eigenvalue weighted by atomic mass is 16.5. The Kier molecular flexibility index (Phi) is 6.71. The van der Waals surface area contributed by atoms with Crippen LogP contribution in [0.1, 0.15) is 40.0 Å². The Morgan fingerprint density at radius 1 is 1.42 bits per heavy atom. The molecule has 0 saturated heterocycles. The summed E-state index contributed by atoms with van der Waals surface area (Å²) >= 11 is 0. The van der Waals surface area contributed by atoms with Gasteiger partial charge in [0.1, 0.15) is 0 Å². The van der Waals surface area contributed by atoms with E-state index in [2.05, 4.69) is 17.3 Å². The van der Waals surface area contributed by atoms with Gasteiger partial charge in [-0.1, -0.05) is 20.8 Å². The summed E-state index contributed by atoms with van der Waals surface area (Å²) in [4.78, 5) is 11.5. The van der Waals surface area contributed by atoms with E-state index in [0.29, 0.717) is 6.61 Å². The predicted octanol–water partition coefficient (Wildman–Crippen LogP) is 2.95. The molecule has 0 saturated carbocycles. The third kappa shape index (κ3) is 5.59. The van der Waals surface area contributed by atoms with Gasteiger partial charge in [-0.3, -0.25) is 4.68 Å². The highest BCUT2D eigenvalue weighted by Gasteiger charge is 2.03. The normalized spacial score (nSPS) is 11.4. The molecule has 5 nitrogen and oxygen atoms in total. The number of carbonyl (C=O) groups is 1. The van der Waals surface area contributed by atoms with Crippen molar-refractivity contribution >= 4 is 11.7 Å². The molecule has 0 aliphatic heterocycles. The van der Waals surface area contributed by atoms with E-state index in [9.17, 15) is 4.79 Å². The first-order chi connectivity index (χ1) is 9.19. The Morgan fingerprint density at radius 2 is 2.21 bits per heavy atom. The van der Waals surface area contributed by atoms with Gasteiger partial charge >= 0.3 is 5.97 Å². The zero-order valence-electron chi connectivity index (χ0n) is 12.0. The van der Waals surface area contributed by atoms with E-state index in [4.69, 9.17) is 4.74 Å². The molecular formula is C14H23N3O2. The second-order valence-electron chi connectivity index (χ2n) is 4.31. The summed E-state index contributed by atoms with van der Waals surface area (Å²) in [6.07, 6.45) is 7.81. The lowest BCUT2D eigenvalue weighted by Gasteiger charge is -2.06. The molecule has 0 atom stereocenters. The van der Waals surface area contributed by atoms with Crippen molar-refractivity contribution in [1.82, 2.24) is 9.78 Å². The van der Waals surface area contributed by atoms with Crippen molar-refractivity contribution in [2.24, 2.45) is 0 Å². The van der Waals surface area contributed by atoms with Gasteiger partial charge in [0.05, 0.1) is 18.5 Å². The van der Waals surface area contributed by atoms with Crippen LogP contribution in [0.5, 0.6) is 0 Å². The zero-order valence-corrected chi connectivity index (χ0v) is 12.0. The average molecular weight is 265 g/mol. The number of rotatable bonds is 8. The van der Waals surface area contributed by atoms with Crippen LogP contribution in [0.4, 0.5) is 5.69 Å². The fourth-order valence-electron chi connectivity index (χ4n) is 1.58. The summed E-state index contributed by atoms with van der Waals surface area (Å²) in [5.74, 6) is -0.299. The van der Waals surface area contributed by atoms with Crippen molar-refractivity contribution in [2.45, 2.75) is 46.6 Å². The maximum atomic E-state index is 11.5. The zero-order chi connectivity index (χ0) is 14.1. The number of nitrogens with one attached hydrogen (secondary N) is 1. The van der Waals surface area contributed by atoms with Gasteiger partial charge in [-0.15, -0.1) is 0 Å². The minimum atomic E-state index is -0.299. The molecule has 0 unspecified atom stereocenters. The summed E-state index contributed by atoms with van der Waals surface area (Å²) in [7, 11) is 0. The van der Waals surface area contributed by atoms with Crippen molar-refractivity contribution in [1.29, 1.82) is 0 Å². The van der Waals surface area contributed by atoms with Crippen LogP contribution in [0.25, 0.3) is 0 Å². The van der Waals surface area contributed by atoms with Crippen molar-refractivity contribution in [3.05, 3.63) is 24.2 Å². The molecule has 0 aromatic carbocycles. The second kappa shape index (κ2) is 8.34. The minimum absolute atomic E-state index is 0.299. The van der Waals surface area contributed by atoms with Crippen LogP contribution in [-0.4, -0.2) is 22.4 Å². The first-order valence-electron chi connectivity index (χ1n) is 6.86. The van der Waals surface area contributed by atoms with Gasteiger partial charge < -0.3 is 10.1 Å². The molecule has 1 N–H and O–H groups in total. The van der Waals surface area contributed by atoms with E-state index in [1.54, 1.807) is 6.20 Å². The minimum Gasteiger partial charge on any atom is -0.462 e. The van der Waals surface area contributed by atoms with Crippen molar-refractivity contribution in [3.63, 3.8) is 0 Å². The molecular weight excluding hydrogens is 242 g/mol. The van der Waals surface area contributed by atoms with Gasteiger partial charge in [-0.25, -0.2) is 4.79 Å². The fraction of sp³-hybridized carbons (Fsp3) is 0.571. The van der Waals surface area contributed by atoms with Crippen molar-refractivity contribution < 1.29 is 9.53 Å². The quantitative estimate of drug-likeness (QED) is 0.580.